The summed E-state index contributed by atoms with van der Waals surface area (Å²) in [5.41, 5.74) is 0. The molecular weight excluding hydrogens is 108 g/mol. The van der Waals surface area contributed by atoms with Gasteiger partial charge in [-0.15, -0.1) is 0 Å². The number of aromatic nitrogens is 2. The van der Waals surface area contributed by atoms with Gasteiger partial charge in [0, 0.05) is 11.2 Å². The molecule has 0 bridgehead atoms. The summed E-state index contributed by atoms with van der Waals surface area (Å²) in [6.45, 7) is 0. The van der Waals surface area contributed by atoms with Crippen molar-refractivity contribution in [1.29, 1.82) is 0 Å². The van der Waals surface area contributed by atoms with E-state index in [2.05, 4.69) is 5.10 Å². The second-order valence-electron chi connectivity index (χ2n) is 1.29. The smallest absolute Gasteiger partial charge is 0.213 e. The summed E-state index contributed by atoms with van der Waals surface area (Å²) < 4.78 is 0. The monoisotopic (exact) mass is 112 g/mol. The molecule has 1 N–H and O–H groups in total. The fraction of sp³-hybridized carbons (Fsp3) is 0. The van der Waals surface area contributed by atoms with Crippen molar-refractivity contribution < 1.29 is 9.95 Å². The Morgan fingerprint density at radius 1 is 1.75 bits per heavy atom. The van der Waals surface area contributed by atoms with Crippen LogP contribution in [-0.4, -0.2) is 10.2 Å². The number of hydrogen-bond acceptors (Lipinski definition) is 3. The van der Waals surface area contributed by atoms with Crippen LogP contribution in [0.15, 0.2) is 18.5 Å². The molecule has 1 aromatic heterocycles. The van der Waals surface area contributed by atoms with Gasteiger partial charge in [-0.25, -0.2) is 0 Å². The largest absolute Gasteiger partial charge is 0.594 e. The molecule has 0 unspecified atom stereocenters. The first kappa shape index (κ1) is 4.83. The van der Waals surface area contributed by atoms with E-state index in [0.29, 0.717) is 4.85 Å². The van der Waals surface area contributed by atoms with Gasteiger partial charge in [0.1, 0.15) is 11.9 Å². The molecule has 0 aliphatic heterocycles. The predicted molar refractivity (Wildman–Crippen MR) is 24.9 cm³/mol. The molecule has 1 rings (SSSR count). The van der Waals surface area contributed by atoms with Crippen molar-refractivity contribution >= 4 is 0 Å². The Morgan fingerprint density at radius 2 is 2.50 bits per heavy atom. The first-order valence-electron chi connectivity index (χ1n) is 2.03. The summed E-state index contributed by atoms with van der Waals surface area (Å²) in [4.78, 5) is 0.361. The maximum Gasteiger partial charge on any atom is 0.213 e. The summed E-state index contributed by atoms with van der Waals surface area (Å²) in [6.07, 6.45) is 2.20. The predicted octanol–water partition coefficient (Wildman–Crippen LogP) is -0.579. The van der Waals surface area contributed by atoms with Crippen molar-refractivity contribution in [1.82, 2.24) is 5.10 Å². The highest BCUT2D eigenvalue weighted by Gasteiger charge is 1.88. The Balaban J connectivity index is 3.03. The van der Waals surface area contributed by atoms with Crippen LogP contribution in [0.25, 0.3) is 0 Å². The zero-order chi connectivity index (χ0) is 5.98. The quantitative estimate of drug-likeness (QED) is 0.361. The Bertz CT molecular complexity index is 151. The molecule has 0 fully saturated rings. The van der Waals surface area contributed by atoms with E-state index in [1.165, 1.54) is 6.07 Å². The number of nitrogens with zero attached hydrogens (tertiary/aromatic N) is 2. The van der Waals surface area contributed by atoms with Gasteiger partial charge in [0.25, 0.3) is 0 Å². The topological polar surface area (TPSA) is 60.1 Å². The zero-order valence-electron chi connectivity index (χ0n) is 3.98. The molecule has 0 saturated carbocycles. The highest BCUT2D eigenvalue weighted by atomic mass is 16.5. The second-order valence-corrected chi connectivity index (χ2v) is 1.29. The van der Waals surface area contributed by atoms with Crippen molar-refractivity contribution in [2.45, 2.75) is 0 Å². The third-order valence-electron chi connectivity index (χ3n) is 0.677. The van der Waals surface area contributed by atoms with Crippen LogP contribution in [0.5, 0.6) is 5.75 Å². The molecule has 4 heteroatoms. The van der Waals surface area contributed by atoms with Crippen molar-refractivity contribution in [2.75, 3.05) is 0 Å². The molecular formula is C4H4N2O2. The third-order valence-corrected chi connectivity index (χ3v) is 0.677. The maximum absolute atomic E-state index is 10.1. The first-order chi connectivity index (χ1) is 3.79. The van der Waals surface area contributed by atoms with E-state index in [9.17, 15) is 5.21 Å². The highest BCUT2D eigenvalue weighted by molar-refractivity contribution is 5.07. The van der Waals surface area contributed by atoms with Crippen LogP contribution in [0.3, 0.4) is 0 Å². The van der Waals surface area contributed by atoms with Gasteiger partial charge < -0.3 is 10.3 Å². The Kier molecular flexibility index (Phi) is 0.997. The van der Waals surface area contributed by atoms with Gasteiger partial charge >= 0.3 is 0 Å². The molecule has 0 aliphatic carbocycles. The summed E-state index contributed by atoms with van der Waals surface area (Å²) in [7, 11) is 0. The van der Waals surface area contributed by atoms with Crippen molar-refractivity contribution in [3.63, 3.8) is 0 Å². The minimum atomic E-state index is -0.00269. The first-order valence-corrected chi connectivity index (χ1v) is 2.03. The lowest BCUT2D eigenvalue weighted by Gasteiger charge is -1.88. The van der Waals surface area contributed by atoms with Crippen LogP contribution in [0.4, 0.5) is 0 Å². The lowest BCUT2D eigenvalue weighted by molar-refractivity contribution is -0.669. The highest BCUT2D eigenvalue weighted by Crippen LogP contribution is 1.97. The Labute approximate surface area is 45.6 Å². The minimum absolute atomic E-state index is 0.00269. The fourth-order valence-electron chi connectivity index (χ4n) is 0.338. The minimum Gasteiger partial charge on any atom is -0.594 e. The van der Waals surface area contributed by atoms with Gasteiger partial charge in [0.05, 0.1) is 0 Å². The van der Waals surface area contributed by atoms with E-state index in [1.54, 1.807) is 0 Å². The van der Waals surface area contributed by atoms with Crippen molar-refractivity contribution in [3.05, 3.63) is 23.7 Å². The molecule has 4 nitrogen and oxygen atoms in total. The van der Waals surface area contributed by atoms with E-state index < -0.39 is 0 Å². The molecule has 0 radical (unpaired) electrons. The molecule has 0 aliphatic rings. The van der Waals surface area contributed by atoms with Gasteiger partial charge in [-0.3, -0.25) is 0 Å². The van der Waals surface area contributed by atoms with Crippen LogP contribution >= 0.6 is 0 Å². The molecule has 0 spiro atoms. The average molecular weight is 112 g/mol. The summed E-state index contributed by atoms with van der Waals surface area (Å²) in [6, 6.07) is 1.26. The molecule has 8 heavy (non-hydrogen) atoms. The van der Waals surface area contributed by atoms with Crippen LogP contribution in [0.2, 0.25) is 0 Å². The second kappa shape index (κ2) is 1.65. The van der Waals surface area contributed by atoms with E-state index in [0.717, 1.165) is 12.4 Å². The van der Waals surface area contributed by atoms with Crippen LogP contribution < -0.4 is 4.85 Å². The molecule has 0 atom stereocenters. The fourth-order valence-corrected chi connectivity index (χ4v) is 0.338. The van der Waals surface area contributed by atoms with Crippen molar-refractivity contribution in [3.8, 4) is 5.75 Å². The molecule has 0 amide bonds. The van der Waals surface area contributed by atoms with Gasteiger partial charge in [-0.05, 0) is 0 Å². The van der Waals surface area contributed by atoms with Crippen molar-refractivity contribution in [2.24, 2.45) is 0 Å². The van der Waals surface area contributed by atoms with Gasteiger partial charge in [0.15, 0.2) is 0 Å². The molecule has 42 valence electrons. The number of rotatable bonds is 0. The van der Waals surface area contributed by atoms with Crippen LogP contribution in [-0.2, 0) is 0 Å². The number of hydrogen-bond donors (Lipinski definition) is 1. The Morgan fingerprint density at radius 3 is 2.88 bits per heavy atom. The van der Waals surface area contributed by atoms with Gasteiger partial charge in [-0.1, -0.05) is 4.85 Å². The summed E-state index contributed by atoms with van der Waals surface area (Å²) >= 11 is 0. The number of aromatic hydroxyl groups is 1. The summed E-state index contributed by atoms with van der Waals surface area (Å²) in [5.74, 6) is -0.00269. The lowest BCUT2D eigenvalue weighted by Crippen LogP contribution is -2.28. The van der Waals surface area contributed by atoms with Crippen LogP contribution in [0, 0.1) is 5.21 Å². The summed E-state index contributed by atoms with van der Waals surface area (Å²) in [5, 5.41) is 21.8. The molecule has 0 saturated heterocycles. The molecule has 0 aromatic carbocycles. The normalized spacial score (nSPS) is 9.00. The molecule has 1 heterocycles. The average Bonchev–Trinajstić information content (AvgIpc) is 1.77. The van der Waals surface area contributed by atoms with E-state index in [1.807, 2.05) is 0 Å². The van der Waals surface area contributed by atoms with Crippen LogP contribution in [0.1, 0.15) is 0 Å². The lowest BCUT2D eigenvalue weighted by atomic mass is 10.5. The third kappa shape index (κ3) is 0.841. The maximum atomic E-state index is 10.1. The van der Waals surface area contributed by atoms with Gasteiger partial charge in [-0.2, -0.15) is 0 Å². The van der Waals surface area contributed by atoms with E-state index in [4.69, 9.17) is 5.11 Å². The standard InChI is InChI=1S/C4H4N2O2/c7-4-1-2-6(8)5-3-4/h1-3,7H. The van der Waals surface area contributed by atoms with Gasteiger partial charge in [0.2, 0.25) is 6.20 Å². The molecule has 1 aromatic rings. The SMILES string of the molecule is [O-][n+]1ccc(O)cn1. The van der Waals surface area contributed by atoms with E-state index >= 15 is 0 Å². The zero-order valence-corrected chi connectivity index (χ0v) is 3.98. The Hall–Kier alpha value is -1.32. The van der Waals surface area contributed by atoms with E-state index in [-0.39, 0.29) is 5.75 Å².